The summed E-state index contributed by atoms with van der Waals surface area (Å²) in [6.45, 7) is 0.579. The lowest BCUT2D eigenvalue weighted by Crippen LogP contribution is -2.08. The summed E-state index contributed by atoms with van der Waals surface area (Å²) in [5, 5.41) is 0. The van der Waals surface area contributed by atoms with Crippen molar-refractivity contribution in [3.8, 4) is 0 Å². The monoisotopic (exact) mass is 320 g/mol. The normalized spacial score (nSPS) is 9.67. The van der Waals surface area contributed by atoms with Crippen LogP contribution in [0.4, 0.5) is 0 Å². The first-order chi connectivity index (χ1) is 7.27. The van der Waals surface area contributed by atoms with Crippen LogP contribution in [0.5, 0.6) is 0 Å². The van der Waals surface area contributed by atoms with Crippen LogP contribution in [0.15, 0.2) is 24.3 Å². The van der Waals surface area contributed by atoms with Crippen molar-refractivity contribution in [3.05, 3.63) is 35.4 Å². The van der Waals surface area contributed by atoms with Gasteiger partial charge in [-0.1, -0.05) is 12.1 Å². The predicted molar refractivity (Wildman–Crippen MR) is 62.1 cm³/mol. The number of benzene rings is 1. The van der Waals surface area contributed by atoms with Gasteiger partial charge in [0.25, 0.3) is 0 Å². The maximum absolute atomic E-state index is 11.4. The molecule has 5 heteroatoms. The highest BCUT2D eigenvalue weighted by atomic mass is 127. The molecule has 0 bridgehead atoms. The maximum atomic E-state index is 11.4. The minimum absolute atomic E-state index is 0.219. The van der Waals surface area contributed by atoms with Crippen LogP contribution in [0, 0.1) is 0 Å². The fraction of sp³-hybridized carbons (Fsp3) is 0.200. The molecule has 0 unspecified atom stereocenters. The van der Waals surface area contributed by atoms with E-state index in [4.69, 9.17) is 7.80 Å². The molecule has 4 nitrogen and oxygen atoms in total. The van der Waals surface area contributed by atoms with Gasteiger partial charge in [0.05, 0.1) is 12.2 Å². The van der Waals surface area contributed by atoms with Crippen molar-refractivity contribution < 1.29 is 17.4 Å². The molecule has 1 aromatic rings. The number of ether oxygens (including phenoxy) is 1. The summed E-state index contributed by atoms with van der Waals surface area (Å²) < 4.78 is 9.60. The van der Waals surface area contributed by atoms with Crippen LogP contribution in [0.25, 0.3) is 0 Å². The Morgan fingerprint density at radius 1 is 1.27 bits per heavy atom. The molecule has 1 rings (SSSR count). The largest absolute Gasteiger partial charge is 0.460 e. The number of aldehydes is 1. The quantitative estimate of drug-likeness (QED) is 0.360. The first-order valence-corrected chi connectivity index (χ1v) is 5.12. The molecule has 15 heavy (non-hydrogen) atoms. The molecule has 0 aliphatic heterocycles. The van der Waals surface area contributed by atoms with E-state index in [-0.39, 0.29) is 6.61 Å². The maximum Gasteiger partial charge on any atom is 0.338 e. The number of carbonyl (C=O) groups is 2. The van der Waals surface area contributed by atoms with E-state index >= 15 is 0 Å². The standard InChI is InChI=1S/C10H9IO4/c11-15-6-5-14-10(13)9-3-1-8(7-12)2-4-9/h1-4,7H,5-6H2. The summed E-state index contributed by atoms with van der Waals surface area (Å²) in [5.74, 6) is -0.416. The van der Waals surface area contributed by atoms with E-state index in [1.165, 1.54) is 0 Å². The Morgan fingerprint density at radius 3 is 2.47 bits per heavy atom. The zero-order valence-electron chi connectivity index (χ0n) is 7.81. The summed E-state index contributed by atoms with van der Waals surface area (Å²) in [4.78, 5) is 21.7. The van der Waals surface area contributed by atoms with Crippen LogP contribution in [0.3, 0.4) is 0 Å². The second-order valence-electron chi connectivity index (χ2n) is 2.69. The van der Waals surface area contributed by atoms with Crippen molar-refractivity contribution in [2.24, 2.45) is 0 Å². The van der Waals surface area contributed by atoms with Gasteiger partial charge in [-0.3, -0.25) is 4.79 Å². The highest BCUT2D eigenvalue weighted by Crippen LogP contribution is 2.04. The summed E-state index contributed by atoms with van der Waals surface area (Å²) in [6.07, 6.45) is 0.721. The molecule has 0 aliphatic carbocycles. The summed E-state index contributed by atoms with van der Waals surface area (Å²) in [5.41, 5.74) is 0.955. The van der Waals surface area contributed by atoms with E-state index in [9.17, 15) is 9.59 Å². The van der Waals surface area contributed by atoms with E-state index < -0.39 is 5.97 Å². The van der Waals surface area contributed by atoms with Crippen LogP contribution in [0.2, 0.25) is 0 Å². The lowest BCUT2D eigenvalue weighted by Gasteiger charge is -2.03. The average molecular weight is 320 g/mol. The third-order valence-electron chi connectivity index (χ3n) is 1.68. The van der Waals surface area contributed by atoms with E-state index in [1.54, 1.807) is 47.3 Å². The molecule has 0 spiro atoms. The van der Waals surface area contributed by atoms with Gasteiger partial charge in [0.1, 0.15) is 35.9 Å². The van der Waals surface area contributed by atoms with E-state index in [0.717, 1.165) is 6.29 Å². The first kappa shape index (κ1) is 12.1. The van der Waals surface area contributed by atoms with Crippen molar-refractivity contribution in [1.82, 2.24) is 0 Å². The second kappa shape index (κ2) is 6.52. The molecule has 0 fully saturated rings. The Kier molecular flexibility index (Phi) is 5.27. The summed E-state index contributed by atoms with van der Waals surface area (Å²) in [6, 6.07) is 6.24. The van der Waals surface area contributed by atoms with Crippen LogP contribution >= 0.6 is 23.0 Å². The van der Waals surface area contributed by atoms with Gasteiger partial charge < -0.3 is 7.80 Å². The van der Waals surface area contributed by atoms with Gasteiger partial charge in [-0.25, -0.2) is 4.79 Å². The zero-order valence-corrected chi connectivity index (χ0v) is 9.97. The molecule has 0 aromatic heterocycles. The van der Waals surface area contributed by atoms with Crippen molar-refractivity contribution in [1.29, 1.82) is 0 Å². The molecule has 1 aromatic carbocycles. The Hall–Kier alpha value is -0.950. The fourth-order valence-corrected chi connectivity index (χ4v) is 1.13. The predicted octanol–water partition coefficient (Wildman–Crippen LogP) is 2.02. The highest BCUT2D eigenvalue weighted by Gasteiger charge is 2.05. The average Bonchev–Trinajstić information content (AvgIpc) is 2.29. The van der Waals surface area contributed by atoms with Gasteiger partial charge in [-0.2, -0.15) is 0 Å². The Labute approximate surface area is 101 Å². The van der Waals surface area contributed by atoms with Crippen LogP contribution < -0.4 is 0 Å². The number of hydrogen-bond donors (Lipinski definition) is 0. The van der Waals surface area contributed by atoms with Crippen LogP contribution in [0.1, 0.15) is 20.7 Å². The molecule has 0 radical (unpaired) electrons. The van der Waals surface area contributed by atoms with Crippen molar-refractivity contribution in [2.45, 2.75) is 0 Å². The van der Waals surface area contributed by atoms with Crippen LogP contribution in [-0.4, -0.2) is 25.5 Å². The van der Waals surface area contributed by atoms with E-state index in [0.29, 0.717) is 17.7 Å². The number of rotatable bonds is 5. The van der Waals surface area contributed by atoms with Gasteiger partial charge in [0, 0.05) is 5.56 Å². The third kappa shape index (κ3) is 3.96. The molecule has 80 valence electrons. The number of carbonyl (C=O) groups excluding carboxylic acids is 2. The van der Waals surface area contributed by atoms with Gasteiger partial charge in [-0.05, 0) is 12.1 Å². The Bertz CT molecular complexity index is 334. The van der Waals surface area contributed by atoms with E-state index in [2.05, 4.69) is 0 Å². The molecule has 0 atom stereocenters. The molecular formula is C10H9IO4. The lowest BCUT2D eigenvalue weighted by atomic mass is 10.1. The zero-order chi connectivity index (χ0) is 11.1. The smallest absolute Gasteiger partial charge is 0.338 e. The Morgan fingerprint density at radius 2 is 1.93 bits per heavy atom. The fourth-order valence-electron chi connectivity index (χ4n) is 0.947. The second-order valence-corrected chi connectivity index (χ2v) is 3.31. The SMILES string of the molecule is O=Cc1ccc(C(=O)OCCOI)cc1. The minimum Gasteiger partial charge on any atom is -0.460 e. The van der Waals surface area contributed by atoms with Gasteiger partial charge in [0.2, 0.25) is 0 Å². The van der Waals surface area contributed by atoms with Gasteiger partial charge >= 0.3 is 5.97 Å². The van der Waals surface area contributed by atoms with Crippen molar-refractivity contribution in [2.75, 3.05) is 13.2 Å². The molecule has 0 N–H and O–H groups in total. The lowest BCUT2D eigenvalue weighted by molar-refractivity contribution is 0.0471. The topological polar surface area (TPSA) is 52.6 Å². The minimum atomic E-state index is -0.416. The molecule has 0 aliphatic rings. The van der Waals surface area contributed by atoms with Crippen molar-refractivity contribution in [3.63, 3.8) is 0 Å². The summed E-state index contributed by atoms with van der Waals surface area (Å²) >= 11 is 1.73. The Balaban J connectivity index is 2.54. The number of hydrogen-bond acceptors (Lipinski definition) is 4. The number of halogens is 1. The molecule has 0 saturated heterocycles. The molecule has 0 amide bonds. The number of esters is 1. The van der Waals surface area contributed by atoms with Crippen LogP contribution in [-0.2, 0) is 7.80 Å². The molecule has 0 saturated carbocycles. The summed E-state index contributed by atoms with van der Waals surface area (Å²) in [7, 11) is 0. The third-order valence-corrected chi connectivity index (χ3v) is 2.12. The molecular weight excluding hydrogens is 311 g/mol. The van der Waals surface area contributed by atoms with Crippen molar-refractivity contribution >= 4 is 35.3 Å². The van der Waals surface area contributed by atoms with Gasteiger partial charge in [-0.15, -0.1) is 0 Å². The molecule has 0 heterocycles. The highest BCUT2D eigenvalue weighted by molar-refractivity contribution is 14.1. The first-order valence-electron chi connectivity index (χ1n) is 4.24. The van der Waals surface area contributed by atoms with Gasteiger partial charge in [0.15, 0.2) is 0 Å². The van der Waals surface area contributed by atoms with E-state index in [1.807, 2.05) is 0 Å².